The smallest absolute Gasteiger partial charge is 0.289 e. The Kier molecular flexibility index (Phi) is 8.00. The number of nitro benzene ring substituents is 1. The summed E-state index contributed by atoms with van der Waals surface area (Å²) in [6.45, 7) is -2.81. The molecule has 2 rings (SSSR count). The van der Waals surface area contributed by atoms with Crippen LogP contribution < -0.4 is 4.72 Å². The summed E-state index contributed by atoms with van der Waals surface area (Å²) in [4.78, 5) is 9.66. The topological polar surface area (TPSA) is 122 Å². The molecule has 0 fully saturated rings. The van der Waals surface area contributed by atoms with Crippen LogP contribution in [0.2, 0.25) is 0 Å². The zero-order valence-corrected chi connectivity index (χ0v) is 18.9. The minimum absolute atomic E-state index is 0.293. The van der Waals surface area contributed by atoms with Gasteiger partial charge in [0.25, 0.3) is 5.69 Å². The maximum Gasteiger partial charge on any atom is 0.289 e. The number of benzene rings is 2. The molecule has 172 valence electrons. The summed E-state index contributed by atoms with van der Waals surface area (Å²) in [5.41, 5.74) is -5.59. The second-order valence-corrected chi connectivity index (χ2v) is 9.52. The lowest BCUT2D eigenvalue weighted by molar-refractivity contribution is -0.387. The molecule has 8 nitrogen and oxygen atoms in total. The fourth-order valence-electron chi connectivity index (χ4n) is 2.76. The molecule has 0 aliphatic rings. The number of nitrogens with zero attached hydrogens (tertiary/aromatic N) is 2. The van der Waals surface area contributed by atoms with Gasteiger partial charge in [-0.15, -0.1) is 0 Å². The van der Waals surface area contributed by atoms with Crippen molar-refractivity contribution < 1.29 is 31.2 Å². The number of alkyl halides is 2. The van der Waals surface area contributed by atoms with E-state index < -0.39 is 62.4 Å². The van der Waals surface area contributed by atoms with E-state index in [1.165, 1.54) is 30.3 Å². The molecule has 2 aromatic carbocycles. The van der Waals surface area contributed by atoms with Gasteiger partial charge < -0.3 is 4.74 Å². The van der Waals surface area contributed by atoms with Crippen LogP contribution in [0, 0.1) is 27.3 Å². The lowest BCUT2D eigenvalue weighted by atomic mass is 9.93. The standard InChI is InChI=1S/C19H17BrF3N3O5S/c1-18(12-31-19(9-21,10-22)11-24,14-8-13(20)6-7-15(14)23)25-32(29,30)17-5-3-2-4-16(17)26(27)28/h2-8,25H,9-10,12H2,1H3. The number of hydrogen-bond acceptors (Lipinski definition) is 6. The van der Waals surface area contributed by atoms with Crippen LogP contribution in [0.1, 0.15) is 12.5 Å². The molecule has 2 aromatic rings. The van der Waals surface area contributed by atoms with Crippen molar-refractivity contribution in [2.45, 2.75) is 23.0 Å². The zero-order chi connectivity index (χ0) is 24.2. The summed E-state index contributed by atoms with van der Waals surface area (Å²) in [5.74, 6) is -0.896. The fourth-order valence-corrected chi connectivity index (χ4v) is 4.67. The second kappa shape index (κ2) is 9.95. The highest BCUT2D eigenvalue weighted by atomic mass is 79.9. The van der Waals surface area contributed by atoms with Gasteiger partial charge in [-0.2, -0.15) is 9.98 Å². The van der Waals surface area contributed by atoms with Crippen molar-refractivity contribution in [1.82, 2.24) is 4.72 Å². The van der Waals surface area contributed by atoms with Crippen molar-refractivity contribution in [3.8, 4) is 6.07 Å². The normalized spacial score (nSPS) is 13.9. The van der Waals surface area contributed by atoms with Crippen molar-refractivity contribution in [1.29, 1.82) is 5.26 Å². The van der Waals surface area contributed by atoms with Gasteiger partial charge in [-0.05, 0) is 31.2 Å². The molecule has 0 radical (unpaired) electrons. The number of para-hydroxylation sites is 1. The molecule has 0 saturated heterocycles. The van der Waals surface area contributed by atoms with E-state index in [0.29, 0.717) is 4.47 Å². The third-order valence-corrected chi connectivity index (χ3v) is 6.64. The van der Waals surface area contributed by atoms with Crippen LogP contribution in [-0.4, -0.2) is 38.9 Å². The second-order valence-electron chi connectivity index (χ2n) is 6.95. The predicted octanol–water partition coefficient (Wildman–Crippen LogP) is 3.91. The summed E-state index contributed by atoms with van der Waals surface area (Å²) in [6, 6.07) is 9.35. The first-order valence-corrected chi connectivity index (χ1v) is 11.1. The highest BCUT2D eigenvalue weighted by molar-refractivity contribution is 9.10. The number of halogens is 4. The molecule has 0 amide bonds. The summed E-state index contributed by atoms with van der Waals surface area (Å²) >= 11 is 3.13. The molecule has 1 atom stereocenters. The highest BCUT2D eigenvalue weighted by Gasteiger charge is 2.41. The van der Waals surface area contributed by atoms with E-state index in [-0.39, 0.29) is 5.56 Å². The molecule has 0 aliphatic heterocycles. The molecular formula is C19H17BrF3N3O5S. The molecule has 0 bridgehead atoms. The molecule has 1 unspecified atom stereocenters. The van der Waals surface area contributed by atoms with Gasteiger partial charge in [-0.3, -0.25) is 10.1 Å². The summed E-state index contributed by atoms with van der Waals surface area (Å²) in [5, 5.41) is 20.4. The first kappa shape index (κ1) is 25.7. The zero-order valence-electron chi connectivity index (χ0n) is 16.5. The van der Waals surface area contributed by atoms with Crippen LogP contribution in [0.3, 0.4) is 0 Å². The number of rotatable bonds is 10. The number of hydrogen-bond donors (Lipinski definition) is 1. The van der Waals surface area contributed by atoms with Crippen LogP contribution in [0.4, 0.5) is 18.9 Å². The van der Waals surface area contributed by atoms with Gasteiger partial charge in [0.1, 0.15) is 25.2 Å². The summed E-state index contributed by atoms with van der Waals surface area (Å²) in [6.07, 6.45) is 0. The third-order valence-electron chi connectivity index (χ3n) is 4.51. The Balaban J connectivity index is 2.61. The molecule has 0 aliphatic carbocycles. The number of nitro groups is 1. The lowest BCUT2D eigenvalue weighted by Gasteiger charge is -2.34. The van der Waals surface area contributed by atoms with Crippen LogP contribution >= 0.6 is 15.9 Å². The van der Waals surface area contributed by atoms with Gasteiger partial charge in [0.05, 0.1) is 17.1 Å². The van der Waals surface area contributed by atoms with E-state index in [1.54, 1.807) is 0 Å². The van der Waals surface area contributed by atoms with E-state index in [4.69, 9.17) is 10.00 Å². The molecule has 0 spiro atoms. The Morgan fingerprint density at radius 1 is 1.25 bits per heavy atom. The van der Waals surface area contributed by atoms with Crippen LogP contribution in [0.5, 0.6) is 0 Å². The molecule has 0 heterocycles. The molecular weight excluding hydrogens is 519 g/mol. The van der Waals surface area contributed by atoms with Gasteiger partial charge in [-0.25, -0.2) is 21.6 Å². The number of ether oxygens (including phenoxy) is 1. The van der Waals surface area contributed by atoms with Crippen molar-refractivity contribution >= 4 is 31.6 Å². The van der Waals surface area contributed by atoms with E-state index in [2.05, 4.69) is 20.7 Å². The fraction of sp³-hybridized carbons (Fsp3) is 0.316. The minimum atomic E-state index is -4.68. The Morgan fingerprint density at radius 3 is 2.44 bits per heavy atom. The van der Waals surface area contributed by atoms with E-state index >= 15 is 0 Å². The Hall–Kier alpha value is -2.53. The predicted molar refractivity (Wildman–Crippen MR) is 111 cm³/mol. The minimum Gasteiger partial charge on any atom is -0.353 e. The largest absolute Gasteiger partial charge is 0.353 e. The first-order chi connectivity index (χ1) is 14.9. The van der Waals surface area contributed by atoms with E-state index in [1.807, 2.05) is 0 Å². The number of nitrogens with one attached hydrogen (secondary N) is 1. The van der Waals surface area contributed by atoms with E-state index in [9.17, 15) is 31.7 Å². The van der Waals surface area contributed by atoms with Crippen LogP contribution in [0.25, 0.3) is 0 Å². The molecule has 0 aromatic heterocycles. The van der Waals surface area contributed by atoms with Gasteiger partial charge >= 0.3 is 0 Å². The average molecular weight is 536 g/mol. The third kappa shape index (κ3) is 5.44. The molecule has 1 N–H and O–H groups in total. The average Bonchev–Trinajstić information content (AvgIpc) is 2.76. The van der Waals surface area contributed by atoms with Crippen LogP contribution in [-0.2, 0) is 20.3 Å². The maximum atomic E-state index is 14.7. The molecule has 32 heavy (non-hydrogen) atoms. The highest BCUT2D eigenvalue weighted by Crippen LogP contribution is 2.32. The van der Waals surface area contributed by atoms with E-state index in [0.717, 1.165) is 25.1 Å². The van der Waals surface area contributed by atoms with Crippen molar-refractivity contribution in [3.63, 3.8) is 0 Å². The summed E-state index contributed by atoms with van der Waals surface area (Å²) in [7, 11) is -4.68. The monoisotopic (exact) mass is 535 g/mol. The van der Waals surface area contributed by atoms with Gasteiger partial charge in [-0.1, -0.05) is 28.1 Å². The Labute approximate surface area is 190 Å². The first-order valence-electron chi connectivity index (χ1n) is 8.84. The van der Waals surface area contributed by atoms with Gasteiger partial charge in [0.15, 0.2) is 4.90 Å². The number of nitriles is 1. The molecule has 0 saturated carbocycles. The van der Waals surface area contributed by atoms with Gasteiger partial charge in [0.2, 0.25) is 15.6 Å². The summed E-state index contributed by atoms with van der Waals surface area (Å²) < 4.78 is 75.0. The van der Waals surface area contributed by atoms with Crippen LogP contribution in [0.15, 0.2) is 51.8 Å². The lowest BCUT2D eigenvalue weighted by Crippen LogP contribution is -2.50. The van der Waals surface area contributed by atoms with Crippen molar-refractivity contribution in [2.75, 3.05) is 20.0 Å². The number of sulfonamides is 1. The SMILES string of the molecule is CC(COC(C#N)(CF)CF)(NS(=O)(=O)c1ccccc1[N+](=O)[O-])c1cc(Br)ccc1F. The Bertz CT molecular complexity index is 1160. The quantitative estimate of drug-likeness (QED) is 0.363. The maximum absolute atomic E-state index is 14.7. The van der Waals surface area contributed by atoms with Crippen molar-refractivity contribution in [2.24, 2.45) is 0 Å². The molecule has 13 heteroatoms. The Morgan fingerprint density at radius 2 is 1.88 bits per heavy atom. The van der Waals surface area contributed by atoms with Gasteiger partial charge in [0, 0.05) is 16.1 Å². The van der Waals surface area contributed by atoms with Crippen molar-refractivity contribution in [3.05, 3.63) is 68.4 Å².